The molecule has 1 heterocycles. The Balaban J connectivity index is 3.01. The van der Waals surface area contributed by atoms with Crippen molar-refractivity contribution in [1.29, 1.82) is 0 Å². The summed E-state index contributed by atoms with van der Waals surface area (Å²) in [5.74, 6) is -0.113. The molecule has 1 rings (SSSR count). The first kappa shape index (κ1) is 13.2. The molecule has 2 amide bonds. The molecule has 2 atom stereocenters. The van der Waals surface area contributed by atoms with Crippen LogP contribution in [-0.2, 0) is 9.59 Å². The van der Waals surface area contributed by atoms with Gasteiger partial charge in [-0.1, -0.05) is 20.3 Å². The number of amides is 2. The predicted molar refractivity (Wildman–Crippen MR) is 63.8 cm³/mol. The molecule has 0 N–H and O–H groups in total. The van der Waals surface area contributed by atoms with Crippen molar-refractivity contribution >= 4 is 11.8 Å². The molecule has 0 bridgehead atoms. The summed E-state index contributed by atoms with van der Waals surface area (Å²) in [5, 5.41) is 0. The van der Waals surface area contributed by atoms with Gasteiger partial charge in [-0.15, -0.1) is 0 Å². The average Bonchev–Trinajstić information content (AvgIpc) is 2.38. The number of carbonyl (C=O) groups excluding carboxylic acids is 2. The van der Waals surface area contributed by atoms with E-state index in [4.69, 9.17) is 0 Å². The molecule has 92 valence electrons. The minimum absolute atomic E-state index is 0.0263. The number of imide groups is 1. The molecular formula is C13H23NO2. The van der Waals surface area contributed by atoms with Crippen LogP contribution in [-0.4, -0.2) is 22.3 Å². The van der Waals surface area contributed by atoms with Crippen LogP contribution in [0.4, 0.5) is 0 Å². The summed E-state index contributed by atoms with van der Waals surface area (Å²) in [6, 6.07) is 0. The summed E-state index contributed by atoms with van der Waals surface area (Å²) >= 11 is 0. The monoisotopic (exact) mass is 225 g/mol. The van der Waals surface area contributed by atoms with Gasteiger partial charge in [0, 0.05) is 11.5 Å². The van der Waals surface area contributed by atoms with Crippen LogP contribution in [0.15, 0.2) is 0 Å². The minimum Gasteiger partial charge on any atom is -0.277 e. The van der Waals surface area contributed by atoms with Crippen LogP contribution in [0.5, 0.6) is 0 Å². The van der Waals surface area contributed by atoms with Crippen molar-refractivity contribution < 1.29 is 9.59 Å². The van der Waals surface area contributed by atoms with E-state index in [9.17, 15) is 9.59 Å². The molecule has 0 aromatic carbocycles. The van der Waals surface area contributed by atoms with E-state index in [-0.39, 0.29) is 29.2 Å². The Bertz CT molecular complexity index is 291. The zero-order chi connectivity index (χ0) is 12.5. The van der Waals surface area contributed by atoms with E-state index in [1.807, 2.05) is 27.7 Å². The van der Waals surface area contributed by atoms with Gasteiger partial charge >= 0.3 is 0 Å². The first-order valence-electron chi connectivity index (χ1n) is 6.22. The third kappa shape index (κ3) is 2.13. The van der Waals surface area contributed by atoms with Gasteiger partial charge in [-0.05, 0) is 33.6 Å². The van der Waals surface area contributed by atoms with Crippen molar-refractivity contribution in [2.75, 3.05) is 0 Å². The summed E-state index contributed by atoms with van der Waals surface area (Å²) in [6.07, 6.45) is 2.55. The van der Waals surface area contributed by atoms with Gasteiger partial charge in [-0.2, -0.15) is 0 Å². The largest absolute Gasteiger partial charge is 0.277 e. The highest BCUT2D eigenvalue weighted by Gasteiger charge is 2.49. The highest BCUT2D eigenvalue weighted by Crippen LogP contribution is 2.36. The molecule has 0 saturated carbocycles. The maximum Gasteiger partial charge on any atom is 0.233 e. The van der Waals surface area contributed by atoms with Gasteiger partial charge < -0.3 is 0 Å². The average molecular weight is 225 g/mol. The Morgan fingerprint density at radius 3 is 1.94 bits per heavy atom. The molecule has 1 saturated heterocycles. The molecule has 0 spiro atoms. The van der Waals surface area contributed by atoms with Gasteiger partial charge in [-0.25, -0.2) is 0 Å². The zero-order valence-electron chi connectivity index (χ0n) is 11.0. The smallest absolute Gasteiger partial charge is 0.233 e. The second-order valence-corrected chi connectivity index (χ2v) is 5.59. The second kappa shape index (κ2) is 4.56. The molecule has 1 aliphatic rings. The van der Waals surface area contributed by atoms with Crippen LogP contribution in [0.2, 0.25) is 0 Å². The van der Waals surface area contributed by atoms with Crippen molar-refractivity contribution in [2.45, 2.75) is 59.4 Å². The normalized spacial score (nSPS) is 26.7. The van der Waals surface area contributed by atoms with Crippen LogP contribution < -0.4 is 0 Å². The highest BCUT2D eigenvalue weighted by molar-refractivity contribution is 6.05. The van der Waals surface area contributed by atoms with Gasteiger partial charge in [-0.3, -0.25) is 14.5 Å². The number of carbonyl (C=O) groups is 2. The Hall–Kier alpha value is -0.860. The van der Waals surface area contributed by atoms with E-state index in [1.165, 1.54) is 4.90 Å². The molecule has 1 aliphatic heterocycles. The van der Waals surface area contributed by atoms with Gasteiger partial charge in [0.1, 0.15) is 0 Å². The van der Waals surface area contributed by atoms with Crippen LogP contribution in [0.1, 0.15) is 53.9 Å². The van der Waals surface area contributed by atoms with Crippen molar-refractivity contribution in [3.05, 3.63) is 0 Å². The molecule has 16 heavy (non-hydrogen) atoms. The summed E-state index contributed by atoms with van der Waals surface area (Å²) in [6.45, 7) is 9.81. The Kier molecular flexibility index (Phi) is 3.76. The molecule has 0 aromatic rings. The van der Waals surface area contributed by atoms with Gasteiger partial charge in [0.15, 0.2) is 0 Å². The van der Waals surface area contributed by atoms with E-state index >= 15 is 0 Å². The molecular weight excluding hydrogens is 202 g/mol. The fourth-order valence-corrected chi connectivity index (χ4v) is 2.54. The topological polar surface area (TPSA) is 37.4 Å². The van der Waals surface area contributed by atoms with Crippen molar-refractivity contribution in [1.82, 2.24) is 4.90 Å². The molecule has 3 heteroatoms. The maximum atomic E-state index is 12.2. The van der Waals surface area contributed by atoms with Gasteiger partial charge in [0.25, 0.3) is 0 Å². The van der Waals surface area contributed by atoms with Gasteiger partial charge in [0.2, 0.25) is 11.8 Å². The molecule has 1 fully saturated rings. The number of nitrogens with zero attached hydrogens (tertiary/aromatic N) is 1. The Morgan fingerprint density at radius 1 is 1.06 bits per heavy atom. The summed E-state index contributed by atoms with van der Waals surface area (Å²) in [7, 11) is 0. The molecule has 0 radical (unpaired) electrons. The Morgan fingerprint density at radius 2 is 1.56 bits per heavy atom. The first-order valence-corrected chi connectivity index (χ1v) is 6.22. The van der Waals surface area contributed by atoms with E-state index in [2.05, 4.69) is 6.92 Å². The van der Waals surface area contributed by atoms with Crippen molar-refractivity contribution in [3.63, 3.8) is 0 Å². The molecule has 3 nitrogen and oxygen atoms in total. The first-order chi connectivity index (χ1) is 7.34. The van der Waals surface area contributed by atoms with Crippen LogP contribution in [0.3, 0.4) is 0 Å². The van der Waals surface area contributed by atoms with Crippen molar-refractivity contribution in [3.8, 4) is 0 Å². The van der Waals surface area contributed by atoms with Crippen molar-refractivity contribution in [2.24, 2.45) is 11.8 Å². The quantitative estimate of drug-likeness (QED) is 0.692. The standard InChI is InChI=1S/C13H23NO2/c1-6-8-10-9(7-2)11(15)14(12(10)16)13(3,4)5/h9-10H,6-8H2,1-5H3. The number of hydrogen-bond donors (Lipinski definition) is 0. The van der Waals surface area contributed by atoms with E-state index in [1.54, 1.807) is 0 Å². The number of likely N-dealkylation sites (tertiary alicyclic amines) is 1. The highest BCUT2D eigenvalue weighted by atomic mass is 16.2. The molecule has 0 aromatic heterocycles. The van der Waals surface area contributed by atoms with E-state index < -0.39 is 0 Å². The minimum atomic E-state index is -0.385. The molecule has 2 unspecified atom stereocenters. The molecule has 0 aliphatic carbocycles. The number of rotatable bonds is 3. The number of hydrogen-bond acceptors (Lipinski definition) is 2. The SMILES string of the molecule is CCCC1C(=O)N(C(C)(C)C)C(=O)C1CC. The van der Waals surface area contributed by atoms with Crippen LogP contribution >= 0.6 is 0 Å². The lowest BCUT2D eigenvalue weighted by Crippen LogP contribution is -2.46. The lowest BCUT2D eigenvalue weighted by Gasteiger charge is -2.30. The Labute approximate surface area is 98.2 Å². The third-order valence-corrected chi connectivity index (χ3v) is 3.27. The summed E-state index contributed by atoms with van der Waals surface area (Å²) in [4.78, 5) is 25.9. The predicted octanol–water partition coefficient (Wildman–Crippen LogP) is 2.60. The lowest BCUT2D eigenvalue weighted by atomic mass is 9.89. The van der Waals surface area contributed by atoms with Crippen LogP contribution in [0, 0.1) is 11.8 Å². The lowest BCUT2D eigenvalue weighted by molar-refractivity contribution is -0.145. The van der Waals surface area contributed by atoms with E-state index in [0.717, 1.165) is 19.3 Å². The third-order valence-electron chi connectivity index (χ3n) is 3.27. The summed E-state index contributed by atoms with van der Waals surface area (Å²) < 4.78 is 0. The van der Waals surface area contributed by atoms with Crippen LogP contribution in [0.25, 0.3) is 0 Å². The fourth-order valence-electron chi connectivity index (χ4n) is 2.54. The van der Waals surface area contributed by atoms with E-state index in [0.29, 0.717) is 0 Å². The maximum absolute atomic E-state index is 12.2. The van der Waals surface area contributed by atoms with Gasteiger partial charge in [0.05, 0.1) is 5.92 Å². The zero-order valence-corrected chi connectivity index (χ0v) is 11.0. The summed E-state index contributed by atoms with van der Waals surface area (Å²) in [5.41, 5.74) is -0.385. The second-order valence-electron chi connectivity index (χ2n) is 5.59. The fraction of sp³-hybridized carbons (Fsp3) is 0.846.